The molecule has 160 valence electrons. The number of carboxylic acid groups (broad SMARTS) is 1. The van der Waals surface area contributed by atoms with Gasteiger partial charge in [0.1, 0.15) is 5.78 Å². The molecule has 3 N–H and O–H groups in total. The first-order valence-corrected chi connectivity index (χ1v) is 11.1. The fourth-order valence-electron chi connectivity index (χ4n) is 5.18. The number of aliphatic carboxylic acids is 1. The summed E-state index contributed by atoms with van der Waals surface area (Å²) in [6.07, 6.45) is 13.5. The first-order valence-electron chi connectivity index (χ1n) is 11.1. The maximum atomic E-state index is 12.3. The number of carboxylic acids is 1. The standard InChI is InChI=1S/C23H38O5/c1-2-13-23(14-8-15-23)21(26)11-7-10-18-17(19(24)16-20(18)25)9-5-3-4-6-12-22(27)28/h3,5,17-18,20-21,25-26H,2,4,6-16H2,1H3,(H,27,28)/t17-,18-,20-,21?/m1/s1. The molecule has 4 atom stereocenters. The number of aliphatic hydroxyl groups is 2. The zero-order valence-corrected chi connectivity index (χ0v) is 17.3. The third-order valence-electron chi connectivity index (χ3n) is 6.97. The van der Waals surface area contributed by atoms with Crippen LogP contribution in [0.5, 0.6) is 0 Å². The average molecular weight is 395 g/mol. The Kier molecular flexibility index (Phi) is 9.16. The largest absolute Gasteiger partial charge is 0.481 e. The van der Waals surface area contributed by atoms with E-state index in [0.29, 0.717) is 19.3 Å². The van der Waals surface area contributed by atoms with Gasteiger partial charge in [-0.2, -0.15) is 0 Å². The monoisotopic (exact) mass is 394 g/mol. The minimum atomic E-state index is -0.785. The van der Waals surface area contributed by atoms with Crippen molar-refractivity contribution in [2.45, 2.75) is 103 Å². The first kappa shape index (κ1) is 23.1. The molecule has 0 bridgehead atoms. The third-order valence-corrected chi connectivity index (χ3v) is 6.97. The molecule has 1 unspecified atom stereocenters. The smallest absolute Gasteiger partial charge is 0.303 e. The van der Waals surface area contributed by atoms with Crippen LogP contribution in [0.3, 0.4) is 0 Å². The molecular formula is C23H38O5. The lowest BCUT2D eigenvalue weighted by molar-refractivity contribution is -0.137. The summed E-state index contributed by atoms with van der Waals surface area (Å²) < 4.78 is 0. The second kappa shape index (κ2) is 11.1. The lowest BCUT2D eigenvalue weighted by Gasteiger charge is -2.46. The highest BCUT2D eigenvalue weighted by Gasteiger charge is 2.43. The summed E-state index contributed by atoms with van der Waals surface area (Å²) >= 11 is 0. The van der Waals surface area contributed by atoms with Gasteiger partial charge in [-0.25, -0.2) is 0 Å². The maximum Gasteiger partial charge on any atom is 0.303 e. The van der Waals surface area contributed by atoms with Crippen molar-refractivity contribution >= 4 is 11.8 Å². The normalized spacial score (nSPS) is 27.8. The van der Waals surface area contributed by atoms with Crippen molar-refractivity contribution < 1.29 is 24.9 Å². The number of allylic oxidation sites excluding steroid dienone is 2. The van der Waals surface area contributed by atoms with E-state index < -0.39 is 12.1 Å². The van der Waals surface area contributed by atoms with E-state index in [4.69, 9.17) is 5.11 Å². The second-order valence-electron chi connectivity index (χ2n) is 8.91. The van der Waals surface area contributed by atoms with E-state index in [9.17, 15) is 19.8 Å². The highest BCUT2D eigenvalue weighted by molar-refractivity contribution is 5.84. The van der Waals surface area contributed by atoms with Crippen LogP contribution in [0.1, 0.15) is 90.4 Å². The molecule has 5 heteroatoms. The van der Waals surface area contributed by atoms with Gasteiger partial charge in [0, 0.05) is 18.8 Å². The van der Waals surface area contributed by atoms with Crippen molar-refractivity contribution in [3.05, 3.63) is 12.2 Å². The SMILES string of the molecule is CCCC1(C(O)CCC[C@H]2[C@H](O)CC(=O)[C@@H]2CC=CCCCC(=O)O)CCC1. The van der Waals surface area contributed by atoms with Gasteiger partial charge < -0.3 is 15.3 Å². The number of carbonyl (C=O) groups is 2. The molecule has 0 aliphatic heterocycles. The molecule has 0 aromatic rings. The summed E-state index contributed by atoms with van der Waals surface area (Å²) in [6, 6.07) is 0. The quantitative estimate of drug-likeness (QED) is 0.320. The van der Waals surface area contributed by atoms with Crippen molar-refractivity contribution in [2.24, 2.45) is 17.3 Å². The molecule has 0 saturated heterocycles. The van der Waals surface area contributed by atoms with Gasteiger partial charge in [-0.15, -0.1) is 0 Å². The van der Waals surface area contributed by atoms with Crippen molar-refractivity contribution in [3.8, 4) is 0 Å². The van der Waals surface area contributed by atoms with Crippen LogP contribution < -0.4 is 0 Å². The molecule has 0 spiro atoms. The molecule has 5 nitrogen and oxygen atoms in total. The first-order chi connectivity index (χ1) is 13.4. The van der Waals surface area contributed by atoms with Gasteiger partial charge in [0.15, 0.2) is 0 Å². The fourth-order valence-corrected chi connectivity index (χ4v) is 5.18. The van der Waals surface area contributed by atoms with Crippen molar-refractivity contribution in [1.29, 1.82) is 0 Å². The summed E-state index contributed by atoms with van der Waals surface area (Å²) in [4.78, 5) is 22.8. The van der Waals surface area contributed by atoms with E-state index in [2.05, 4.69) is 6.92 Å². The van der Waals surface area contributed by atoms with E-state index in [1.807, 2.05) is 12.2 Å². The number of hydrogen-bond acceptors (Lipinski definition) is 4. The number of carbonyl (C=O) groups excluding carboxylic acids is 1. The van der Waals surface area contributed by atoms with Crippen LogP contribution in [0.2, 0.25) is 0 Å². The Morgan fingerprint density at radius 2 is 2.04 bits per heavy atom. The topological polar surface area (TPSA) is 94.8 Å². The van der Waals surface area contributed by atoms with Crippen LogP contribution in [0.25, 0.3) is 0 Å². The number of rotatable bonds is 13. The fraction of sp³-hybridized carbons (Fsp3) is 0.826. The molecule has 2 aliphatic carbocycles. The predicted molar refractivity (Wildman–Crippen MR) is 109 cm³/mol. The number of hydrogen-bond donors (Lipinski definition) is 3. The molecule has 2 aliphatic rings. The van der Waals surface area contributed by atoms with Gasteiger partial charge in [0.2, 0.25) is 0 Å². The lowest BCUT2D eigenvalue weighted by Crippen LogP contribution is -2.41. The van der Waals surface area contributed by atoms with Crippen molar-refractivity contribution in [1.82, 2.24) is 0 Å². The summed E-state index contributed by atoms with van der Waals surface area (Å²) in [7, 11) is 0. The van der Waals surface area contributed by atoms with Crippen LogP contribution in [0, 0.1) is 17.3 Å². The van der Waals surface area contributed by atoms with E-state index in [-0.39, 0.29) is 42.0 Å². The van der Waals surface area contributed by atoms with Crippen molar-refractivity contribution in [3.63, 3.8) is 0 Å². The summed E-state index contributed by atoms with van der Waals surface area (Å²) in [5, 5.41) is 29.7. The maximum absolute atomic E-state index is 12.3. The Hall–Kier alpha value is -1.20. The Bertz CT molecular complexity index is 537. The molecule has 28 heavy (non-hydrogen) atoms. The Balaban J connectivity index is 1.77. The lowest BCUT2D eigenvalue weighted by atomic mass is 9.61. The van der Waals surface area contributed by atoms with Gasteiger partial charge in [-0.1, -0.05) is 38.3 Å². The summed E-state index contributed by atoms with van der Waals surface area (Å²) in [5.41, 5.74) is 0.122. The molecule has 0 amide bonds. The number of aliphatic hydroxyl groups excluding tert-OH is 2. The zero-order chi connectivity index (χ0) is 20.6. The van der Waals surface area contributed by atoms with Gasteiger partial charge in [0.05, 0.1) is 12.2 Å². The zero-order valence-electron chi connectivity index (χ0n) is 17.3. The molecular weight excluding hydrogens is 356 g/mol. The Morgan fingerprint density at radius 3 is 2.64 bits per heavy atom. The Labute approximate surface area is 169 Å². The van der Waals surface area contributed by atoms with Crippen molar-refractivity contribution in [2.75, 3.05) is 0 Å². The molecule has 2 saturated carbocycles. The van der Waals surface area contributed by atoms with E-state index in [1.165, 1.54) is 6.42 Å². The van der Waals surface area contributed by atoms with Crippen LogP contribution in [-0.2, 0) is 9.59 Å². The summed E-state index contributed by atoms with van der Waals surface area (Å²) in [6.45, 7) is 2.17. The van der Waals surface area contributed by atoms with Crippen LogP contribution >= 0.6 is 0 Å². The van der Waals surface area contributed by atoms with Gasteiger partial charge in [-0.3, -0.25) is 9.59 Å². The minimum absolute atomic E-state index is 0.0214. The second-order valence-corrected chi connectivity index (χ2v) is 8.91. The molecule has 0 aromatic heterocycles. The third kappa shape index (κ3) is 6.15. The average Bonchev–Trinajstić information content (AvgIpc) is 2.87. The molecule has 0 aromatic carbocycles. The minimum Gasteiger partial charge on any atom is -0.481 e. The summed E-state index contributed by atoms with van der Waals surface area (Å²) in [5.74, 6) is -0.815. The van der Waals surface area contributed by atoms with Crippen LogP contribution in [-0.4, -0.2) is 39.3 Å². The number of ketones is 1. The van der Waals surface area contributed by atoms with Gasteiger partial charge in [0.25, 0.3) is 0 Å². The van der Waals surface area contributed by atoms with E-state index >= 15 is 0 Å². The highest BCUT2D eigenvalue weighted by atomic mass is 16.4. The highest BCUT2D eigenvalue weighted by Crippen LogP contribution is 2.49. The van der Waals surface area contributed by atoms with E-state index in [0.717, 1.165) is 44.9 Å². The van der Waals surface area contributed by atoms with Crippen LogP contribution in [0.15, 0.2) is 12.2 Å². The number of Topliss-reactive ketones (excluding diaryl/α,β-unsaturated/α-hetero) is 1. The number of unbranched alkanes of at least 4 members (excludes halogenated alkanes) is 1. The molecule has 0 heterocycles. The van der Waals surface area contributed by atoms with E-state index in [1.54, 1.807) is 0 Å². The van der Waals surface area contributed by atoms with Gasteiger partial charge in [-0.05, 0) is 62.7 Å². The molecule has 0 radical (unpaired) electrons. The van der Waals surface area contributed by atoms with Crippen LogP contribution in [0.4, 0.5) is 0 Å². The molecule has 2 rings (SSSR count). The Morgan fingerprint density at radius 1 is 1.29 bits per heavy atom. The van der Waals surface area contributed by atoms with Gasteiger partial charge >= 0.3 is 5.97 Å². The molecule has 2 fully saturated rings. The predicted octanol–water partition coefficient (Wildman–Crippen LogP) is 4.26.